The Bertz CT molecular complexity index is 1140. The van der Waals surface area contributed by atoms with E-state index in [1.807, 2.05) is 6.92 Å². The van der Waals surface area contributed by atoms with Crippen molar-refractivity contribution in [2.75, 3.05) is 13.4 Å². The summed E-state index contributed by atoms with van der Waals surface area (Å²) in [6, 6.07) is 8.95. The number of Topliss-reactive ketones (excluding diaryl/α,β-unsaturated/α-hetero) is 1. The van der Waals surface area contributed by atoms with Crippen LogP contribution in [0.4, 0.5) is 0 Å². The van der Waals surface area contributed by atoms with E-state index in [9.17, 15) is 19.5 Å². The lowest BCUT2D eigenvalue weighted by atomic mass is 9.99. The van der Waals surface area contributed by atoms with E-state index in [0.717, 1.165) is 5.56 Å². The van der Waals surface area contributed by atoms with Crippen LogP contribution in [0.2, 0.25) is 0 Å². The number of hydrogen-bond acceptors (Lipinski definition) is 7. The average molecular weight is 453 g/mol. The van der Waals surface area contributed by atoms with Gasteiger partial charge < -0.3 is 29.4 Å². The van der Waals surface area contributed by atoms with E-state index in [1.54, 1.807) is 43.3 Å². The molecule has 0 saturated carbocycles. The van der Waals surface area contributed by atoms with Crippen LogP contribution in [0, 0.1) is 5.92 Å². The number of ketones is 1. The van der Waals surface area contributed by atoms with Crippen molar-refractivity contribution >= 4 is 23.7 Å². The maximum atomic E-state index is 12.7. The predicted molar refractivity (Wildman–Crippen MR) is 116 cm³/mol. The van der Waals surface area contributed by atoms with E-state index in [1.165, 1.54) is 6.07 Å². The molecule has 0 radical (unpaired) electrons. The minimum atomic E-state index is -1.09. The minimum absolute atomic E-state index is 0.150. The van der Waals surface area contributed by atoms with Gasteiger partial charge >= 0.3 is 5.97 Å². The number of nitrogens with one attached hydrogen (secondary N) is 1. The van der Waals surface area contributed by atoms with Crippen LogP contribution in [0.1, 0.15) is 36.2 Å². The topological polar surface area (TPSA) is 120 Å². The second-order valence-electron chi connectivity index (χ2n) is 7.77. The molecule has 2 aromatic carbocycles. The van der Waals surface area contributed by atoms with Crippen LogP contribution in [-0.4, -0.2) is 42.2 Å². The van der Waals surface area contributed by atoms with Crippen LogP contribution in [0.5, 0.6) is 23.0 Å². The molecule has 2 aliphatic rings. The van der Waals surface area contributed by atoms with Crippen LogP contribution in [0.25, 0.3) is 6.08 Å². The van der Waals surface area contributed by atoms with E-state index in [4.69, 9.17) is 18.9 Å². The third-order valence-corrected chi connectivity index (χ3v) is 5.50. The summed E-state index contributed by atoms with van der Waals surface area (Å²) in [6.07, 6.45) is 2.22. The van der Waals surface area contributed by atoms with Crippen LogP contribution in [-0.2, 0) is 9.59 Å². The lowest BCUT2D eigenvalue weighted by Gasteiger charge is -2.20. The first-order valence-electron chi connectivity index (χ1n) is 10.5. The van der Waals surface area contributed by atoms with Gasteiger partial charge in [-0.25, -0.2) is 4.79 Å². The number of benzene rings is 2. The summed E-state index contributed by atoms with van der Waals surface area (Å²) in [5, 5.41) is 11.8. The highest BCUT2D eigenvalue weighted by Gasteiger charge is 2.29. The Morgan fingerprint density at radius 1 is 1.15 bits per heavy atom. The first-order valence-corrected chi connectivity index (χ1v) is 10.5. The molecule has 2 N–H and O–H groups in total. The van der Waals surface area contributed by atoms with Gasteiger partial charge in [-0.05, 0) is 41.8 Å². The zero-order chi connectivity index (χ0) is 23.5. The normalized spacial score (nSPS) is 16.7. The molecule has 0 aromatic heterocycles. The predicted octanol–water partition coefficient (Wildman–Crippen LogP) is 3.03. The smallest absolute Gasteiger partial charge is 0.326 e. The number of ether oxygens (including phenoxy) is 4. The molecule has 2 atom stereocenters. The highest BCUT2D eigenvalue weighted by atomic mass is 16.7. The van der Waals surface area contributed by atoms with E-state index in [2.05, 4.69) is 5.32 Å². The molecule has 2 heterocycles. The van der Waals surface area contributed by atoms with Crippen molar-refractivity contribution in [2.24, 2.45) is 5.92 Å². The molecule has 9 nitrogen and oxygen atoms in total. The van der Waals surface area contributed by atoms with Gasteiger partial charge in [-0.3, -0.25) is 9.59 Å². The van der Waals surface area contributed by atoms with E-state index in [-0.39, 0.29) is 30.9 Å². The van der Waals surface area contributed by atoms with Gasteiger partial charge in [0.1, 0.15) is 17.5 Å². The molecule has 9 heteroatoms. The number of hydrogen-bond donors (Lipinski definition) is 2. The molecule has 0 aliphatic carbocycles. The summed E-state index contributed by atoms with van der Waals surface area (Å²) in [4.78, 5) is 36.2. The quantitative estimate of drug-likeness (QED) is 0.585. The number of amides is 1. The average Bonchev–Trinajstić information content (AvgIpc) is 3.39. The van der Waals surface area contributed by atoms with E-state index < -0.39 is 17.9 Å². The van der Waals surface area contributed by atoms with Crippen molar-refractivity contribution in [2.45, 2.75) is 26.3 Å². The van der Waals surface area contributed by atoms with Gasteiger partial charge in [0, 0.05) is 6.07 Å². The van der Waals surface area contributed by atoms with Crippen molar-refractivity contribution in [1.82, 2.24) is 5.32 Å². The highest BCUT2D eigenvalue weighted by Crippen LogP contribution is 2.37. The standard InChI is InChI=1S/C24H23NO8/c1-3-13(2)22(24(28)29)25-21(26)11-30-15-5-6-16-18(10-15)33-20(23(16)27)9-14-4-7-17-19(8-14)32-12-31-17/h4-10,13,22H,3,11-12H2,1-2H3,(H,25,26)(H,28,29)/b20-9-/t13-,22+/m1/s1. The van der Waals surface area contributed by atoms with Crippen molar-refractivity contribution in [1.29, 1.82) is 0 Å². The third kappa shape index (κ3) is 4.77. The Balaban J connectivity index is 1.41. The minimum Gasteiger partial charge on any atom is -0.484 e. The summed E-state index contributed by atoms with van der Waals surface area (Å²) < 4.78 is 21.8. The van der Waals surface area contributed by atoms with Crippen molar-refractivity contribution in [3.05, 3.63) is 53.3 Å². The van der Waals surface area contributed by atoms with Gasteiger partial charge in [0.15, 0.2) is 23.9 Å². The second kappa shape index (κ2) is 9.23. The number of aliphatic carboxylic acids is 1. The Morgan fingerprint density at radius 2 is 1.94 bits per heavy atom. The summed E-state index contributed by atoms with van der Waals surface area (Å²) in [7, 11) is 0. The fourth-order valence-electron chi connectivity index (χ4n) is 3.46. The zero-order valence-corrected chi connectivity index (χ0v) is 18.1. The number of carbonyl (C=O) groups is 3. The molecule has 0 bridgehead atoms. The Kier molecular flexibility index (Phi) is 6.21. The van der Waals surface area contributed by atoms with Crippen LogP contribution < -0.4 is 24.3 Å². The summed E-state index contributed by atoms with van der Waals surface area (Å²) >= 11 is 0. The second-order valence-corrected chi connectivity index (χ2v) is 7.77. The van der Waals surface area contributed by atoms with Crippen LogP contribution >= 0.6 is 0 Å². The largest absolute Gasteiger partial charge is 0.484 e. The number of carboxylic acids is 1. The molecular formula is C24H23NO8. The Labute approximate surface area is 189 Å². The maximum absolute atomic E-state index is 12.7. The van der Waals surface area contributed by atoms with Gasteiger partial charge in [0.25, 0.3) is 5.91 Å². The molecule has 4 rings (SSSR count). The maximum Gasteiger partial charge on any atom is 0.326 e. The Hall–Kier alpha value is -4.01. The number of rotatable bonds is 8. The van der Waals surface area contributed by atoms with Crippen LogP contribution in [0.3, 0.4) is 0 Å². The van der Waals surface area contributed by atoms with Crippen molar-refractivity contribution in [3.8, 4) is 23.0 Å². The fourth-order valence-corrected chi connectivity index (χ4v) is 3.46. The van der Waals surface area contributed by atoms with Gasteiger partial charge in [-0.2, -0.15) is 0 Å². The molecule has 0 saturated heterocycles. The molecule has 33 heavy (non-hydrogen) atoms. The van der Waals surface area contributed by atoms with Crippen LogP contribution in [0.15, 0.2) is 42.2 Å². The number of carboxylic acid groups (broad SMARTS) is 1. The highest BCUT2D eigenvalue weighted by molar-refractivity contribution is 6.14. The summed E-state index contributed by atoms with van der Waals surface area (Å²) in [5.74, 6) is -0.123. The lowest BCUT2D eigenvalue weighted by Crippen LogP contribution is -2.46. The number of carbonyl (C=O) groups excluding carboxylic acids is 2. The number of fused-ring (bicyclic) bond motifs is 2. The molecule has 2 aromatic rings. The molecule has 0 spiro atoms. The molecule has 172 valence electrons. The lowest BCUT2D eigenvalue weighted by molar-refractivity contribution is -0.143. The molecule has 0 fully saturated rings. The fraction of sp³-hybridized carbons (Fsp3) is 0.292. The summed E-state index contributed by atoms with van der Waals surface area (Å²) in [6.45, 7) is 3.40. The monoisotopic (exact) mass is 453 g/mol. The van der Waals surface area contributed by atoms with Gasteiger partial charge in [0.2, 0.25) is 12.6 Å². The summed E-state index contributed by atoms with van der Waals surface area (Å²) in [5.41, 5.74) is 1.10. The third-order valence-electron chi connectivity index (χ3n) is 5.50. The van der Waals surface area contributed by atoms with E-state index >= 15 is 0 Å². The SMILES string of the molecule is CC[C@@H](C)[C@H](NC(=O)COc1ccc2c(c1)O/C(=C\c1ccc3c(c1)OCO3)C2=O)C(=O)O. The van der Waals surface area contributed by atoms with E-state index in [0.29, 0.717) is 35.0 Å². The molecular weight excluding hydrogens is 430 g/mol. The van der Waals surface area contributed by atoms with Gasteiger partial charge in [-0.1, -0.05) is 26.3 Å². The van der Waals surface area contributed by atoms with Crippen molar-refractivity contribution in [3.63, 3.8) is 0 Å². The van der Waals surface area contributed by atoms with Gasteiger partial charge in [-0.15, -0.1) is 0 Å². The van der Waals surface area contributed by atoms with Gasteiger partial charge in [0.05, 0.1) is 5.56 Å². The first kappa shape index (κ1) is 22.2. The molecule has 0 unspecified atom stereocenters. The molecule has 1 amide bonds. The number of allylic oxidation sites excluding steroid dienone is 1. The first-order chi connectivity index (χ1) is 15.9. The zero-order valence-electron chi connectivity index (χ0n) is 18.1. The Morgan fingerprint density at radius 3 is 2.70 bits per heavy atom. The van der Waals surface area contributed by atoms with Crippen molar-refractivity contribution < 1.29 is 38.4 Å². The molecule has 2 aliphatic heterocycles.